The van der Waals surface area contributed by atoms with Crippen molar-refractivity contribution >= 4 is 10.8 Å². The molecule has 0 aromatic heterocycles. The summed E-state index contributed by atoms with van der Waals surface area (Å²) in [6.45, 7) is 0. The maximum absolute atomic E-state index is 9.35. The van der Waals surface area contributed by atoms with Gasteiger partial charge in [-0.05, 0) is 35.0 Å². The fourth-order valence-electron chi connectivity index (χ4n) is 1.56. The molecule has 0 unspecified atom stereocenters. The van der Waals surface area contributed by atoms with Gasteiger partial charge in [0.2, 0.25) is 0 Å². The Bertz CT molecular complexity index is 654. The molecule has 0 fully saturated rings. The van der Waals surface area contributed by atoms with E-state index >= 15 is 0 Å². The number of phenolic OH excluding ortho intramolecular Hbond substituents is 1. The van der Waals surface area contributed by atoms with Crippen molar-refractivity contribution in [1.82, 2.24) is 0 Å². The van der Waals surface area contributed by atoms with Gasteiger partial charge in [-0.25, -0.2) is 0 Å². The number of hydrogen-bond acceptors (Lipinski definition) is 2. The third kappa shape index (κ3) is 2.97. The van der Waals surface area contributed by atoms with Gasteiger partial charge in [-0.3, -0.25) is 0 Å². The molecule has 18 heavy (non-hydrogen) atoms. The van der Waals surface area contributed by atoms with E-state index in [2.05, 4.69) is 17.9 Å². The highest BCUT2D eigenvalue weighted by molar-refractivity contribution is 5.85. The second kappa shape index (κ2) is 5.66. The number of unbranched alkanes of at least 4 members (excludes halogenated alkanes) is 1. The molecule has 0 spiro atoms. The molecule has 0 heterocycles. The van der Waals surface area contributed by atoms with E-state index in [1.807, 2.05) is 24.3 Å². The lowest BCUT2D eigenvalue weighted by Crippen LogP contribution is -1.83. The third-order valence-electron chi connectivity index (χ3n) is 2.43. The second-order valence-corrected chi connectivity index (χ2v) is 3.78. The van der Waals surface area contributed by atoms with Gasteiger partial charge in [-0.1, -0.05) is 18.1 Å². The van der Waals surface area contributed by atoms with Gasteiger partial charge in [0, 0.05) is 12.8 Å². The zero-order chi connectivity index (χ0) is 12.8. The summed E-state index contributed by atoms with van der Waals surface area (Å²) in [5.41, 5.74) is 0. The topological polar surface area (TPSA) is 29.5 Å². The monoisotopic (exact) mass is 236 g/mol. The number of ether oxygens (including phenoxy) is 1. The van der Waals surface area contributed by atoms with E-state index in [0.29, 0.717) is 18.6 Å². The van der Waals surface area contributed by atoms with E-state index in [0.717, 1.165) is 10.8 Å². The predicted molar refractivity (Wildman–Crippen MR) is 72.1 cm³/mol. The maximum Gasteiger partial charge on any atom is 0.140 e. The van der Waals surface area contributed by atoms with Gasteiger partial charge >= 0.3 is 0 Å². The van der Waals surface area contributed by atoms with Crippen LogP contribution in [0.2, 0.25) is 0 Å². The van der Waals surface area contributed by atoms with E-state index in [1.54, 1.807) is 12.1 Å². The Balaban J connectivity index is 2.12. The molecule has 1 N–H and O–H groups in total. The second-order valence-electron chi connectivity index (χ2n) is 3.78. The Hall–Kier alpha value is -2.58. The first-order chi connectivity index (χ1) is 8.79. The molecule has 0 saturated carbocycles. The van der Waals surface area contributed by atoms with Crippen molar-refractivity contribution in [2.24, 2.45) is 0 Å². The Kier molecular flexibility index (Phi) is 3.74. The first-order valence-corrected chi connectivity index (χ1v) is 5.60. The van der Waals surface area contributed by atoms with Crippen LogP contribution in [0.4, 0.5) is 0 Å². The molecule has 2 heteroatoms. The summed E-state index contributed by atoms with van der Waals surface area (Å²) in [6.07, 6.45) is 9.00. The average molecular weight is 236 g/mol. The van der Waals surface area contributed by atoms with Crippen LogP contribution in [-0.4, -0.2) is 5.11 Å². The van der Waals surface area contributed by atoms with Crippen molar-refractivity contribution < 1.29 is 9.84 Å². The molecular weight excluding hydrogens is 224 g/mol. The van der Waals surface area contributed by atoms with Crippen molar-refractivity contribution in [3.63, 3.8) is 0 Å². The highest BCUT2D eigenvalue weighted by Gasteiger charge is 1.97. The molecule has 0 bridgehead atoms. The van der Waals surface area contributed by atoms with Crippen LogP contribution in [0.3, 0.4) is 0 Å². The fraction of sp³-hybridized carbons (Fsp3) is 0.125. The van der Waals surface area contributed by atoms with Crippen LogP contribution in [-0.2, 0) is 0 Å². The van der Waals surface area contributed by atoms with Crippen molar-refractivity contribution in [3.8, 4) is 35.9 Å². The number of benzene rings is 2. The summed E-state index contributed by atoms with van der Waals surface area (Å²) in [5.74, 6) is 6.29. The molecule has 2 rings (SSSR count). The molecule has 0 aliphatic carbocycles. The summed E-state index contributed by atoms with van der Waals surface area (Å²) in [5, 5.41) is 11.3. The van der Waals surface area contributed by atoms with Crippen LogP contribution >= 0.6 is 0 Å². The molecule has 0 aliphatic heterocycles. The summed E-state index contributed by atoms with van der Waals surface area (Å²) < 4.78 is 5.30. The van der Waals surface area contributed by atoms with Crippen LogP contribution in [0, 0.1) is 24.4 Å². The lowest BCUT2D eigenvalue weighted by Gasteiger charge is -2.01. The SMILES string of the molecule is C#CCCC#COc1ccc2cc(O)ccc2c1. The minimum absolute atomic E-state index is 0.255. The molecule has 0 aliphatic rings. The summed E-state index contributed by atoms with van der Waals surface area (Å²) in [7, 11) is 0. The van der Waals surface area contributed by atoms with E-state index in [4.69, 9.17) is 11.2 Å². The summed E-state index contributed by atoms with van der Waals surface area (Å²) in [6, 6.07) is 10.8. The number of phenols is 1. The Morgan fingerprint density at radius 2 is 1.83 bits per heavy atom. The molecular formula is C16H12O2. The molecule has 0 radical (unpaired) electrons. The van der Waals surface area contributed by atoms with Crippen LogP contribution in [0.1, 0.15) is 12.8 Å². The highest BCUT2D eigenvalue weighted by atomic mass is 16.5. The molecule has 88 valence electrons. The van der Waals surface area contributed by atoms with E-state index in [1.165, 1.54) is 0 Å². The lowest BCUT2D eigenvalue weighted by atomic mass is 10.1. The zero-order valence-corrected chi connectivity index (χ0v) is 9.81. The molecule has 0 saturated heterocycles. The third-order valence-corrected chi connectivity index (χ3v) is 2.43. The molecule has 2 nitrogen and oxygen atoms in total. The molecule has 2 aromatic carbocycles. The lowest BCUT2D eigenvalue weighted by molar-refractivity contribution is 0.476. The van der Waals surface area contributed by atoms with Gasteiger partial charge in [0.05, 0.1) is 0 Å². The smallest absolute Gasteiger partial charge is 0.140 e. The van der Waals surface area contributed by atoms with E-state index in [-0.39, 0.29) is 5.75 Å². The average Bonchev–Trinajstić information content (AvgIpc) is 2.38. The largest absolute Gasteiger partial charge is 0.508 e. The molecule has 2 aromatic rings. The molecule has 0 amide bonds. The minimum Gasteiger partial charge on any atom is -0.508 e. The quantitative estimate of drug-likeness (QED) is 0.640. The van der Waals surface area contributed by atoms with Crippen LogP contribution in [0.15, 0.2) is 36.4 Å². The maximum atomic E-state index is 9.35. The first-order valence-electron chi connectivity index (χ1n) is 5.60. The van der Waals surface area contributed by atoms with Gasteiger partial charge in [0.15, 0.2) is 0 Å². The van der Waals surface area contributed by atoms with Crippen molar-refractivity contribution in [2.45, 2.75) is 12.8 Å². The highest BCUT2D eigenvalue weighted by Crippen LogP contribution is 2.24. The van der Waals surface area contributed by atoms with Crippen LogP contribution in [0.5, 0.6) is 11.5 Å². The number of fused-ring (bicyclic) bond motifs is 1. The Morgan fingerprint density at radius 3 is 2.67 bits per heavy atom. The first kappa shape index (κ1) is 11.9. The van der Waals surface area contributed by atoms with Gasteiger partial charge in [-0.2, -0.15) is 0 Å². The van der Waals surface area contributed by atoms with Gasteiger partial charge < -0.3 is 9.84 Å². The Morgan fingerprint density at radius 1 is 1.06 bits per heavy atom. The minimum atomic E-state index is 0.255. The standard InChI is InChI=1S/C16H12O2/c1-2-3-4-5-10-18-16-9-7-13-11-15(17)8-6-14(13)12-16/h1,6-9,11-12,17H,3-4H2. The van der Waals surface area contributed by atoms with Gasteiger partial charge in [0.25, 0.3) is 0 Å². The number of aromatic hydroxyl groups is 1. The molecule has 0 atom stereocenters. The Labute approximate surface area is 106 Å². The van der Waals surface area contributed by atoms with Crippen molar-refractivity contribution in [2.75, 3.05) is 0 Å². The summed E-state index contributed by atoms with van der Waals surface area (Å²) >= 11 is 0. The summed E-state index contributed by atoms with van der Waals surface area (Å²) in [4.78, 5) is 0. The number of rotatable bonds is 2. The predicted octanol–water partition coefficient (Wildman–Crippen LogP) is 3.30. The normalized spacial score (nSPS) is 9.28. The van der Waals surface area contributed by atoms with Crippen LogP contribution in [0.25, 0.3) is 10.8 Å². The number of hydrogen-bond donors (Lipinski definition) is 1. The number of terminal acetylenes is 1. The zero-order valence-electron chi connectivity index (χ0n) is 9.81. The van der Waals surface area contributed by atoms with E-state index < -0.39 is 0 Å². The van der Waals surface area contributed by atoms with E-state index in [9.17, 15) is 5.11 Å². The fourth-order valence-corrected chi connectivity index (χ4v) is 1.56. The van der Waals surface area contributed by atoms with Crippen molar-refractivity contribution in [3.05, 3.63) is 36.4 Å². The van der Waals surface area contributed by atoms with Gasteiger partial charge in [-0.15, -0.1) is 12.3 Å². The van der Waals surface area contributed by atoms with Crippen LogP contribution < -0.4 is 4.74 Å². The van der Waals surface area contributed by atoms with Gasteiger partial charge in [0.1, 0.15) is 17.6 Å². The van der Waals surface area contributed by atoms with Crippen molar-refractivity contribution in [1.29, 1.82) is 0 Å².